The van der Waals surface area contributed by atoms with E-state index in [0.29, 0.717) is 11.7 Å². The molecule has 2 aromatic carbocycles. The van der Waals surface area contributed by atoms with Gasteiger partial charge in [-0.15, -0.1) is 11.3 Å². The van der Waals surface area contributed by atoms with E-state index in [-0.39, 0.29) is 10.5 Å². The minimum atomic E-state index is -3.37. The molecule has 6 nitrogen and oxygen atoms in total. The quantitative estimate of drug-likeness (QED) is 0.725. The molecule has 1 aliphatic rings. The van der Waals surface area contributed by atoms with Crippen LogP contribution in [0, 0.1) is 0 Å². The number of aromatic nitrogens is 1. The molecule has 0 fully saturated rings. The Morgan fingerprint density at radius 2 is 2.07 bits per heavy atom. The zero-order valence-electron chi connectivity index (χ0n) is 14.4. The second-order valence-corrected chi connectivity index (χ2v) is 9.09. The molecule has 1 aliphatic heterocycles. The highest BCUT2D eigenvalue weighted by molar-refractivity contribution is 7.90. The first kappa shape index (κ1) is 17.7. The second-order valence-electron chi connectivity index (χ2n) is 6.21. The molecule has 0 spiro atoms. The molecular weight excluding hydrogens is 384 g/mol. The number of hydrogen-bond donors (Lipinski definition) is 1. The lowest BCUT2D eigenvalue weighted by atomic mass is 10.1. The highest BCUT2D eigenvalue weighted by atomic mass is 32.2. The van der Waals surface area contributed by atoms with Gasteiger partial charge in [-0.05, 0) is 42.0 Å². The van der Waals surface area contributed by atoms with Crippen LogP contribution >= 0.6 is 11.3 Å². The van der Waals surface area contributed by atoms with E-state index in [4.69, 9.17) is 4.74 Å². The molecule has 1 aromatic heterocycles. The van der Waals surface area contributed by atoms with Crippen molar-refractivity contribution in [3.8, 4) is 17.0 Å². The van der Waals surface area contributed by atoms with Crippen molar-refractivity contribution in [2.24, 2.45) is 0 Å². The van der Waals surface area contributed by atoms with Crippen molar-refractivity contribution in [3.63, 3.8) is 0 Å². The number of carbonyl (C=O) groups is 1. The summed E-state index contributed by atoms with van der Waals surface area (Å²) in [6.45, 7) is 0.698. The molecule has 0 bridgehead atoms. The predicted octanol–water partition coefficient (Wildman–Crippen LogP) is 3.40. The van der Waals surface area contributed by atoms with Gasteiger partial charge in [0, 0.05) is 29.2 Å². The van der Waals surface area contributed by atoms with Gasteiger partial charge in [0.05, 0.1) is 17.2 Å². The van der Waals surface area contributed by atoms with Crippen molar-refractivity contribution in [1.82, 2.24) is 4.98 Å². The fourth-order valence-corrected chi connectivity index (χ4v) is 4.23. The molecule has 8 heteroatoms. The molecule has 2 heterocycles. The Bertz CT molecular complexity index is 1140. The number of ether oxygens (including phenoxy) is 1. The summed E-state index contributed by atoms with van der Waals surface area (Å²) in [6, 6.07) is 11.9. The molecule has 27 heavy (non-hydrogen) atoms. The smallest absolute Gasteiger partial charge is 0.257 e. The molecule has 1 N–H and O–H groups in total. The zero-order chi connectivity index (χ0) is 19.0. The Morgan fingerprint density at radius 1 is 1.22 bits per heavy atom. The topological polar surface area (TPSA) is 85.4 Å². The molecule has 0 atom stereocenters. The van der Waals surface area contributed by atoms with Crippen molar-refractivity contribution < 1.29 is 17.9 Å². The molecule has 0 saturated carbocycles. The first-order chi connectivity index (χ1) is 12.9. The Labute approximate surface area is 160 Å². The SMILES string of the molecule is CS(=O)(=O)c1cccc(C(=O)Nc2nc(-c3ccc4c(c3)CCO4)cs2)c1. The monoisotopic (exact) mass is 400 g/mol. The molecule has 0 unspecified atom stereocenters. The molecular formula is C19H16N2O4S2. The fraction of sp³-hybridized carbons (Fsp3) is 0.158. The highest BCUT2D eigenvalue weighted by Crippen LogP contribution is 2.32. The fourth-order valence-electron chi connectivity index (χ4n) is 2.85. The normalized spacial score (nSPS) is 13.1. The Morgan fingerprint density at radius 3 is 2.89 bits per heavy atom. The Hall–Kier alpha value is -2.71. The maximum Gasteiger partial charge on any atom is 0.257 e. The summed E-state index contributed by atoms with van der Waals surface area (Å²) in [5, 5.41) is 5.06. The lowest BCUT2D eigenvalue weighted by molar-refractivity contribution is 0.102. The number of nitrogens with one attached hydrogen (secondary N) is 1. The van der Waals surface area contributed by atoms with Crippen LogP contribution in [0.3, 0.4) is 0 Å². The van der Waals surface area contributed by atoms with Crippen LogP contribution < -0.4 is 10.1 Å². The van der Waals surface area contributed by atoms with Gasteiger partial charge >= 0.3 is 0 Å². The molecule has 0 radical (unpaired) electrons. The van der Waals surface area contributed by atoms with E-state index in [1.165, 1.54) is 23.5 Å². The van der Waals surface area contributed by atoms with Crippen LogP contribution in [0.25, 0.3) is 11.3 Å². The summed E-state index contributed by atoms with van der Waals surface area (Å²) in [5.74, 6) is 0.511. The number of anilines is 1. The standard InChI is InChI=1S/C19H16N2O4S2/c1-27(23,24)15-4-2-3-14(10-15)18(22)21-19-20-16(11-26-19)12-5-6-17-13(9-12)7-8-25-17/h2-6,9-11H,7-8H2,1H3,(H,20,21,22). The first-order valence-corrected chi connectivity index (χ1v) is 11.0. The van der Waals surface area contributed by atoms with Crippen LogP contribution in [0.2, 0.25) is 0 Å². The molecule has 0 aliphatic carbocycles. The maximum atomic E-state index is 12.4. The third-order valence-corrected chi connectivity index (χ3v) is 6.10. The van der Waals surface area contributed by atoms with Crippen LogP contribution in [-0.4, -0.2) is 32.2 Å². The summed E-state index contributed by atoms with van der Waals surface area (Å²) in [6.07, 6.45) is 1.99. The zero-order valence-corrected chi connectivity index (χ0v) is 16.1. The van der Waals surface area contributed by atoms with Crippen LogP contribution in [0.1, 0.15) is 15.9 Å². The van der Waals surface area contributed by atoms with E-state index in [2.05, 4.69) is 16.4 Å². The Balaban J connectivity index is 1.54. The number of nitrogens with zero attached hydrogens (tertiary/aromatic N) is 1. The third kappa shape index (κ3) is 3.72. The van der Waals surface area contributed by atoms with Gasteiger partial charge < -0.3 is 4.74 Å². The van der Waals surface area contributed by atoms with Crippen LogP contribution in [0.15, 0.2) is 52.7 Å². The summed E-state index contributed by atoms with van der Waals surface area (Å²) >= 11 is 1.32. The average molecular weight is 400 g/mol. The first-order valence-electron chi connectivity index (χ1n) is 8.23. The number of sulfone groups is 1. The summed E-state index contributed by atoms with van der Waals surface area (Å²) in [5.41, 5.74) is 3.16. The molecule has 0 saturated heterocycles. The van der Waals surface area contributed by atoms with Crippen LogP contribution in [0.4, 0.5) is 5.13 Å². The number of rotatable bonds is 4. The van der Waals surface area contributed by atoms with Crippen LogP contribution in [0.5, 0.6) is 5.75 Å². The minimum absolute atomic E-state index is 0.107. The van der Waals surface area contributed by atoms with Crippen LogP contribution in [-0.2, 0) is 16.3 Å². The van der Waals surface area contributed by atoms with E-state index < -0.39 is 15.7 Å². The molecule has 138 valence electrons. The number of thiazole rings is 1. The van der Waals surface area contributed by atoms with Gasteiger partial charge in [-0.2, -0.15) is 0 Å². The van der Waals surface area contributed by atoms with E-state index in [9.17, 15) is 13.2 Å². The van der Waals surface area contributed by atoms with Gasteiger partial charge in [0.1, 0.15) is 5.75 Å². The van der Waals surface area contributed by atoms with Gasteiger partial charge in [-0.3, -0.25) is 10.1 Å². The Kier molecular flexibility index (Phi) is 4.45. The van der Waals surface area contributed by atoms with Gasteiger partial charge in [0.2, 0.25) is 0 Å². The van der Waals surface area contributed by atoms with Crippen molar-refractivity contribution in [2.75, 3.05) is 18.2 Å². The van der Waals surface area contributed by atoms with Crippen molar-refractivity contribution in [2.45, 2.75) is 11.3 Å². The van der Waals surface area contributed by atoms with Gasteiger partial charge in [-0.25, -0.2) is 13.4 Å². The number of fused-ring (bicyclic) bond motifs is 1. The predicted molar refractivity (Wildman–Crippen MR) is 104 cm³/mol. The van der Waals surface area contributed by atoms with Gasteiger partial charge in [0.25, 0.3) is 5.91 Å². The largest absolute Gasteiger partial charge is 0.493 e. The third-order valence-electron chi connectivity index (χ3n) is 4.23. The van der Waals surface area contributed by atoms with Crippen molar-refractivity contribution >= 4 is 32.2 Å². The number of carbonyl (C=O) groups excluding carboxylic acids is 1. The maximum absolute atomic E-state index is 12.4. The highest BCUT2D eigenvalue weighted by Gasteiger charge is 2.16. The minimum Gasteiger partial charge on any atom is -0.493 e. The number of amides is 1. The lowest BCUT2D eigenvalue weighted by Gasteiger charge is -2.04. The lowest BCUT2D eigenvalue weighted by Crippen LogP contribution is -2.12. The second kappa shape index (κ2) is 6.79. The van der Waals surface area contributed by atoms with E-state index >= 15 is 0 Å². The number of hydrogen-bond acceptors (Lipinski definition) is 6. The van der Waals surface area contributed by atoms with Crippen molar-refractivity contribution in [3.05, 3.63) is 59.0 Å². The van der Waals surface area contributed by atoms with E-state index in [1.54, 1.807) is 12.1 Å². The molecule has 3 aromatic rings. The summed E-state index contributed by atoms with van der Waals surface area (Å²) in [7, 11) is -3.37. The van der Waals surface area contributed by atoms with E-state index in [0.717, 1.165) is 35.2 Å². The van der Waals surface area contributed by atoms with Crippen molar-refractivity contribution in [1.29, 1.82) is 0 Å². The van der Waals surface area contributed by atoms with E-state index in [1.807, 2.05) is 17.5 Å². The summed E-state index contributed by atoms with van der Waals surface area (Å²) < 4.78 is 28.8. The average Bonchev–Trinajstić information content (AvgIpc) is 3.29. The molecule has 1 amide bonds. The van der Waals surface area contributed by atoms with Gasteiger partial charge in [-0.1, -0.05) is 6.07 Å². The summed E-state index contributed by atoms with van der Waals surface area (Å²) in [4.78, 5) is 17.0. The molecule has 4 rings (SSSR count). The number of benzene rings is 2. The van der Waals surface area contributed by atoms with Gasteiger partial charge in [0.15, 0.2) is 15.0 Å².